The van der Waals surface area contributed by atoms with E-state index >= 15 is 0 Å². The molecular formula is C14H17ClN2. The van der Waals surface area contributed by atoms with E-state index in [1.807, 2.05) is 29.1 Å². The molecule has 0 saturated carbocycles. The van der Waals surface area contributed by atoms with Gasteiger partial charge in [0, 0.05) is 12.7 Å². The van der Waals surface area contributed by atoms with Crippen molar-refractivity contribution in [1.82, 2.24) is 9.78 Å². The van der Waals surface area contributed by atoms with Crippen LogP contribution in [0.5, 0.6) is 0 Å². The first-order valence-corrected chi connectivity index (χ1v) is 6.43. The molecule has 0 aliphatic rings. The van der Waals surface area contributed by atoms with E-state index in [-0.39, 0.29) is 5.38 Å². The van der Waals surface area contributed by atoms with Crippen LogP contribution >= 0.6 is 11.6 Å². The Balaban J connectivity index is 1.90. The number of aromatic nitrogens is 2. The van der Waals surface area contributed by atoms with E-state index in [0.29, 0.717) is 0 Å². The van der Waals surface area contributed by atoms with Gasteiger partial charge in [0.15, 0.2) is 0 Å². The standard InChI is InChI=1S/C14H17ClN2/c1-2-17-11-12(10-16-17)8-9-14(15)13-6-4-3-5-7-13/h3-7,10-11,14H,2,8-9H2,1H3. The minimum Gasteiger partial charge on any atom is -0.273 e. The van der Waals surface area contributed by atoms with Crippen LogP contribution in [0.25, 0.3) is 0 Å². The highest BCUT2D eigenvalue weighted by molar-refractivity contribution is 6.20. The molecule has 0 aliphatic carbocycles. The summed E-state index contributed by atoms with van der Waals surface area (Å²) >= 11 is 6.37. The van der Waals surface area contributed by atoms with Crippen molar-refractivity contribution in [2.24, 2.45) is 0 Å². The second kappa shape index (κ2) is 5.87. The number of hydrogen-bond donors (Lipinski definition) is 0. The second-order valence-corrected chi connectivity index (χ2v) is 4.65. The van der Waals surface area contributed by atoms with Crippen molar-refractivity contribution in [2.45, 2.75) is 31.7 Å². The summed E-state index contributed by atoms with van der Waals surface area (Å²) in [6.07, 6.45) is 5.94. The maximum Gasteiger partial charge on any atom is 0.0588 e. The molecule has 1 aromatic heterocycles. The number of nitrogens with zero attached hydrogens (tertiary/aromatic N) is 2. The van der Waals surface area contributed by atoms with Gasteiger partial charge in [0.05, 0.1) is 11.6 Å². The maximum atomic E-state index is 6.37. The number of hydrogen-bond acceptors (Lipinski definition) is 1. The van der Waals surface area contributed by atoms with Crippen LogP contribution < -0.4 is 0 Å². The van der Waals surface area contributed by atoms with Crippen molar-refractivity contribution >= 4 is 11.6 Å². The van der Waals surface area contributed by atoms with Gasteiger partial charge in [-0.15, -0.1) is 11.6 Å². The largest absolute Gasteiger partial charge is 0.273 e. The zero-order valence-electron chi connectivity index (χ0n) is 10.0. The summed E-state index contributed by atoms with van der Waals surface area (Å²) in [6.45, 7) is 3.01. The van der Waals surface area contributed by atoms with Gasteiger partial charge in [-0.3, -0.25) is 4.68 Å². The molecule has 0 amide bonds. The molecule has 1 aromatic carbocycles. The fraction of sp³-hybridized carbons (Fsp3) is 0.357. The van der Waals surface area contributed by atoms with E-state index in [1.165, 1.54) is 11.1 Å². The van der Waals surface area contributed by atoms with E-state index in [2.05, 4.69) is 30.4 Å². The molecule has 0 bridgehead atoms. The van der Waals surface area contributed by atoms with E-state index in [4.69, 9.17) is 11.6 Å². The number of halogens is 1. The van der Waals surface area contributed by atoms with Gasteiger partial charge in [0.2, 0.25) is 0 Å². The lowest BCUT2D eigenvalue weighted by atomic mass is 10.1. The third-order valence-corrected chi connectivity index (χ3v) is 3.33. The molecule has 90 valence electrons. The average molecular weight is 249 g/mol. The van der Waals surface area contributed by atoms with Gasteiger partial charge in [0.1, 0.15) is 0 Å². The van der Waals surface area contributed by atoms with Gasteiger partial charge in [-0.2, -0.15) is 5.10 Å². The Kier molecular flexibility index (Phi) is 4.21. The molecule has 2 rings (SSSR count). The molecule has 0 N–H and O–H groups in total. The SMILES string of the molecule is CCn1cc(CCC(Cl)c2ccccc2)cn1. The quantitative estimate of drug-likeness (QED) is 0.736. The topological polar surface area (TPSA) is 17.8 Å². The van der Waals surface area contributed by atoms with Crippen molar-refractivity contribution in [2.75, 3.05) is 0 Å². The summed E-state index contributed by atoms with van der Waals surface area (Å²) in [5, 5.41) is 4.34. The second-order valence-electron chi connectivity index (χ2n) is 4.12. The molecule has 3 heteroatoms. The lowest BCUT2D eigenvalue weighted by Gasteiger charge is -2.08. The first-order chi connectivity index (χ1) is 8.29. The molecule has 0 radical (unpaired) electrons. The molecule has 2 aromatic rings. The monoisotopic (exact) mass is 248 g/mol. The van der Waals surface area contributed by atoms with Crippen molar-refractivity contribution in [3.05, 3.63) is 53.9 Å². The number of rotatable bonds is 5. The molecule has 0 fully saturated rings. The molecular weight excluding hydrogens is 232 g/mol. The van der Waals surface area contributed by atoms with Gasteiger partial charge >= 0.3 is 0 Å². The predicted octanol–water partition coefficient (Wildman–Crippen LogP) is 3.82. The molecule has 1 heterocycles. The van der Waals surface area contributed by atoms with Gasteiger partial charge in [-0.25, -0.2) is 0 Å². The minimum absolute atomic E-state index is 0.0844. The van der Waals surface area contributed by atoms with Crippen LogP contribution in [0, 0.1) is 0 Å². The smallest absolute Gasteiger partial charge is 0.0588 e. The zero-order valence-corrected chi connectivity index (χ0v) is 10.8. The maximum absolute atomic E-state index is 6.37. The Bertz CT molecular complexity index is 450. The molecule has 0 saturated heterocycles. The summed E-state index contributed by atoms with van der Waals surface area (Å²) in [4.78, 5) is 0. The Hall–Kier alpha value is -1.28. The molecule has 2 nitrogen and oxygen atoms in total. The lowest BCUT2D eigenvalue weighted by Crippen LogP contribution is -1.94. The van der Waals surface area contributed by atoms with E-state index < -0.39 is 0 Å². The summed E-state index contributed by atoms with van der Waals surface area (Å²) in [5.74, 6) is 0. The fourth-order valence-electron chi connectivity index (χ4n) is 1.83. The van der Waals surface area contributed by atoms with Crippen LogP contribution in [0.3, 0.4) is 0 Å². The summed E-state index contributed by atoms with van der Waals surface area (Å²) in [6, 6.07) is 10.2. The number of aryl methyl sites for hydroxylation is 2. The number of benzene rings is 1. The predicted molar refractivity (Wildman–Crippen MR) is 71.3 cm³/mol. The van der Waals surface area contributed by atoms with E-state index in [0.717, 1.165) is 19.4 Å². The van der Waals surface area contributed by atoms with Gasteiger partial charge in [-0.1, -0.05) is 30.3 Å². The van der Waals surface area contributed by atoms with Gasteiger partial charge < -0.3 is 0 Å². The third-order valence-electron chi connectivity index (χ3n) is 2.86. The summed E-state index contributed by atoms with van der Waals surface area (Å²) in [7, 11) is 0. The molecule has 1 atom stereocenters. The molecule has 0 aliphatic heterocycles. The van der Waals surface area contributed by atoms with Crippen LogP contribution in [0.1, 0.15) is 29.8 Å². The molecule has 17 heavy (non-hydrogen) atoms. The normalized spacial score (nSPS) is 12.6. The zero-order chi connectivity index (χ0) is 12.1. The van der Waals surface area contributed by atoms with Crippen LogP contribution in [-0.2, 0) is 13.0 Å². The Morgan fingerprint density at radius 3 is 2.71 bits per heavy atom. The van der Waals surface area contributed by atoms with Crippen LogP contribution in [-0.4, -0.2) is 9.78 Å². The van der Waals surface area contributed by atoms with E-state index in [1.54, 1.807) is 0 Å². The highest BCUT2D eigenvalue weighted by atomic mass is 35.5. The van der Waals surface area contributed by atoms with Crippen molar-refractivity contribution < 1.29 is 0 Å². The van der Waals surface area contributed by atoms with Gasteiger partial charge in [-0.05, 0) is 30.9 Å². The highest BCUT2D eigenvalue weighted by Gasteiger charge is 2.08. The number of alkyl halides is 1. The molecule has 0 spiro atoms. The van der Waals surface area contributed by atoms with Crippen molar-refractivity contribution in [3.63, 3.8) is 0 Å². The van der Waals surface area contributed by atoms with Crippen LogP contribution in [0.2, 0.25) is 0 Å². The van der Waals surface area contributed by atoms with Crippen molar-refractivity contribution in [3.8, 4) is 0 Å². The molecule has 1 unspecified atom stereocenters. The highest BCUT2D eigenvalue weighted by Crippen LogP contribution is 2.25. The summed E-state index contributed by atoms with van der Waals surface area (Å²) in [5.41, 5.74) is 2.45. The Labute approximate surface area is 107 Å². The third kappa shape index (κ3) is 3.34. The fourth-order valence-corrected chi connectivity index (χ4v) is 2.08. The Morgan fingerprint density at radius 2 is 2.06 bits per heavy atom. The van der Waals surface area contributed by atoms with E-state index in [9.17, 15) is 0 Å². The minimum atomic E-state index is 0.0844. The first kappa shape index (κ1) is 12.2. The first-order valence-electron chi connectivity index (χ1n) is 6.00. The Morgan fingerprint density at radius 1 is 1.29 bits per heavy atom. The van der Waals surface area contributed by atoms with Gasteiger partial charge in [0.25, 0.3) is 0 Å². The van der Waals surface area contributed by atoms with Crippen molar-refractivity contribution in [1.29, 1.82) is 0 Å². The average Bonchev–Trinajstić information content (AvgIpc) is 2.85. The lowest BCUT2D eigenvalue weighted by molar-refractivity contribution is 0.658. The summed E-state index contributed by atoms with van der Waals surface area (Å²) < 4.78 is 1.95. The van der Waals surface area contributed by atoms with Crippen LogP contribution in [0.15, 0.2) is 42.7 Å². The van der Waals surface area contributed by atoms with Crippen LogP contribution in [0.4, 0.5) is 0 Å².